The van der Waals surface area contributed by atoms with Crippen molar-refractivity contribution in [2.45, 2.75) is 12.5 Å². The van der Waals surface area contributed by atoms with E-state index < -0.39 is 6.10 Å². The summed E-state index contributed by atoms with van der Waals surface area (Å²) in [6.45, 7) is 1.02. The molecule has 1 aliphatic heterocycles. The molecule has 2 aromatic carbocycles. The molecule has 1 heterocycles. The SMILES string of the molecule is COc1ccc(C#Cc2ccc(C(=O)N3CC[C@@H](O)C3)cc2)cc1. The van der Waals surface area contributed by atoms with Crippen LogP contribution in [-0.4, -0.2) is 42.2 Å². The Morgan fingerprint density at radius 3 is 2.17 bits per heavy atom. The van der Waals surface area contributed by atoms with Crippen LogP contribution in [-0.2, 0) is 0 Å². The van der Waals surface area contributed by atoms with Crippen molar-refractivity contribution in [3.05, 3.63) is 65.2 Å². The van der Waals surface area contributed by atoms with Crippen molar-refractivity contribution in [2.75, 3.05) is 20.2 Å². The predicted molar refractivity (Wildman–Crippen MR) is 91.9 cm³/mol. The molecule has 1 aliphatic rings. The molecule has 0 aromatic heterocycles. The molecule has 3 rings (SSSR count). The van der Waals surface area contributed by atoms with Crippen LogP contribution in [0.4, 0.5) is 0 Å². The summed E-state index contributed by atoms with van der Waals surface area (Å²) >= 11 is 0. The summed E-state index contributed by atoms with van der Waals surface area (Å²) in [6.07, 6.45) is 0.251. The van der Waals surface area contributed by atoms with E-state index >= 15 is 0 Å². The molecule has 2 aromatic rings. The highest BCUT2D eigenvalue weighted by molar-refractivity contribution is 5.94. The number of β-amino-alcohol motifs (C(OH)–C–C–N with tert-alkyl or cyclic N) is 1. The topological polar surface area (TPSA) is 49.8 Å². The summed E-state index contributed by atoms with van der Waals surface area (Å²) in [4.78, 5) is 14.0. The van der Waals surface area contributed by atoms with E-state index in [9.17, 15) is 9.90 Å². The van der Waals surface area contributed by atoms with Crippen LogP contribution in [0.5, 0.6) is 5.75 Å². The third-order valence-electron chi connectivity index (χ3n) is 4.02. The molecule has 122 valence electrons. The quantitative estimate of drug-likeness (QED) is 0.864. The van der Waals surface area contributed by atoms with Crippen LogP contribution in [0.25, 0.3) is 0 Å². The monoisotopic (exact) mass is 321 g/mol. The van der Waals surface area contributed by atoms with Gasteiger partial charge < -0.3 is 14.7 Å². The van der Waals surface area contributed by atoms with Gasteiger partial charge >= 0.3 is 0 Å². The molecule has 0 bridgehead atoms. The largest absolute Gasteiger partial charge is 0.497 e. The average molecular weight is 321 g/mol. The Morgan fingerprint density at radius 2 is 1.67 bits per heavy atom. The zero-order chi connectivity index (χ0) is 16.9. The van der Waals surface area contributed by atoms with E-state index in [1.807, 2.05) is 36.4 Å². The number of nitrogens with zero attached hydrogens (tertiary/aromatic N) is 1. The summed E-state index contributed by atoms with van der Waals surface area (Å²) in [5.74, 6) is 6.93. The molecule has 0 spiro atoms. The number of carbonyl (C=O) groups is 1. The van der Waals surface area contributed by atoms with E-state index in [0.717, 1.165) is 16.9 Å². The standard InChI is InChI=1S/C20H19NO3/c1-24-19-10-6-16(7-11-19)3-2-15-4-8-17(9-5-15)20(23)21-13-12-18(22)14-21/h4-11,18,22H,12-14H2,1H3/t18-/m1/s1. The molecule has 1 amide bonds. The number of likely N-dealkylation sites (tertiary alicyclic amines) is 1. The minimum atomic E-state index is -0.399. The van der Waals surface area contributed by atoms with E-state index in [2.05, 4.69) is 11.8 Å². The Morgan fingerprint density at radius 1 is 1.08 bits per heavy atom. The second-order valence-electron chi connectivity index (χ2n) is 5.75. The molecule has 1 atom stereocenters. The van der Waals surface area contributed by atoms with Crippen molar-refractivity contribution in [1.29, 1.82) is 0 Å². The van der Waals surface area contributed by atoms with Crippen LogP contribution in [0.3, 0.4) is 0 Å². The number of aliphatic hydroxyl groups excluding tert-OH is 1. The zero-order valence-electron chi connectivity index (χ0n) is 13.5. The minimum Gasteiger partial charge on any atom is -0.497 e. The van der Waals surface area contributed by atoms with Gasteiger partial charge in [-0.15, -0.1) is 0 Å². The number of hydrogen-bond donors (Lipinski definition) is 1. The van der Waals surface area contributed by atoms with E-state index in [1.165, 1.54) is 0 Å². The van der Waals surface area contributed by atoms with E-state index in [1.54, 1.807) is 24.1 Å². The molecule has 24 heavy (non-hydrogen) atoms. The van der Waals surface area contributed by atoms with Gasteiger partial charge in [0, 0.05) is 29.8 Å². The summed E-state index contributed by atoms with van der Waals surface area (Å²) in [5, 5.41) is 9.53. The number of carbonyl (C=O) groups excluding carboxylic acids is 1. The van der Waals surface area contributed by atoms with Gasteiger partial charge in [-0.3, -0.25) is 4.79 Å². The van der Waals surface area contributed by atoms with E-state index in [0.29, 0.717) is 25.1 Å². The van der Waals surface area contributed by atoms with E-state index in [-0.39, 0.29) is 5.91 Å². The number of aliphatic hydroxyl groups is 1. The number of rotatable bonds is 2. The van der Waals surface area contributed by atoms with Crippen molar-refractivity contribution < 1.29 is 14.6 Å². The van der Waals surface area contributed by atoms with E-state index in [4.69, 9.17) is 4.74 Å². The van der Waals surface area contributed by atoms with Crippen LogP contribution in [0.2, 0.25) is 0 Å². The predicted octanol–water partition coefficient (Wildman–Crippen LogP) is 2.30. The molecule has 1 N–H and O–H groups in total. The van der Waals surface area contributed by atoms with Gasteiger partial charge in [0.25, 0.3) is 5.91 Å². The molecule has 0 aliphatic carbocycles. The Labute approximate surface area is 141 Å². The maximum atomic E-state index is 12.3. The Bertz CT molecular complexity index is 769. The maximum absolute atomic E-state index is 12.3. The minimum absolute atomic E-state index is 0.0405. The first-order valence-corrected chi connectivity index (χ1v) is 7.89. The molecule has 4 nitrogen and oxygen atoms in total. The highest BCUT2D eigenvalue weighted by Crippen LogP contribution is 2.14. The molecule has 0 saturated carbocycles. The number of hydrogen-bond acceptors (Lipinski definition) is 3. The molecule has 1 fully saturated rings. The first-order chi connectivity index (χ1) is 11.7. The molecule has 1 saturated heterocycles. The fourth-order valence-electron chi connectivity index (χ4n) is 2.62. The molecule has 0 unspecified atom stereocenters. The van der Waals surface area contributed by atoms with Crippen LogP contribution in [0.15, 0.2) is 48.5 Å². The normalized spacial score (nSPS) is 16.4. The lowest BCUT2D eigenvalue weighted by Gasteiger charge is -2.15. The first-order valence-electron chi connectivity index (χ1n) is 7.89. The fourth-order valence-corrected chi connectivity index (χ4v) is 2.62. The van der Waals surface area contributed by atoms with Crippen molar-refractivity contribution in [3.63, 3.8) is 0 Å². The lowest BCUT2D eigenvalue weighted by atomic mass is 10.1. The molecular formula is C20H19NO3. The lowest BCUT2D eigenvalue weighted by Crippen LogP contribution is -2.29. The highest BCUT2D eigenvalue weighted by Gasteiger charge is 2.25. The van der Waals surface area contributed by atoms with Crippen molar-refractivity contribution in [1.82, 2.24) is 4.90 Å². The summed E-state index contributed by atoms with van der Waals surface area (Å²) in [5.41, 5.74) is 2.38. The van der Waals surface area contributed by atoms with Gasteiger partial charge in [-0.2, -0.15) is 0 Å². The summed E-state index contributed by atoms with van der Waals surface area (Å²) in [7, 11) is 1.63. The Kier molecular flexibility index (Phi) is 4.83. The Hall–Kier alpha value is -2.77. The van der Waals surface area contributed by atoms with Crippen molar-refractivity contribution in [2.24, 2.45) is 0 Å². The third-order valence-corrected chi connectivity index (χ3v) is 4.02. The van der Waals surface area contributed by atoms with Gasteiger partial charge in [-0.1, -0.05) is 11.8 Å². The van der Waals surface area contributed by atoms with Crippen LogP contribution < -0.4 is 4.74 Å². The fraction of sp³-hybridized carbons (Fsp3) is 0.250. The number of ether oxygens (including phenoxy) is 1. The summed E-state index contributed by atoms with van der Waals surface area (Å²) < 4.78 is 5.12. The lowest BCUT2D eigenvalue weighted by molar-refractivity contribution is 0.0765. The van der Waals surface area contributed by atoms with Crippen LogP contribution >= 0.6 is 0 Å². The van der Waals surface area contributed by atoms with Crippen molar-refractivity contribution in [3.8, 4) is 17.6 Å². The number of amides is 1. The van der Waals surface area contributed by atoms with Gasteiger partial charge in [0.2, 0.25) is 0 Å². The van der Waals surface area contributed by atoms with Gasteiger partial charge in [-0.05, 0) is 55.0 Å². The molecule has 0 radical (unpaired) electrons. The van der Waals surface area contributed by atoms with Gasteiger partial charge in [0.15, 0.2) is 0 Å². The Balaban J connectivity index is 1.68. The van der Waals surface area contributed by atoms with Crippen LogP contribution in [0, 0.1) is 11.8 Å². The van der Waals surface area contributed by atoms with Gasteiger partial charge in [0.1, 0.15) is 5.75 Å². The maximum Gasteiger partial charge on any atom is 0.253 e. The van der Waals surface area contributed by atoms with Crippen LogP contribution in [0.1, 0.15) is 27.9 Å². The molecular weight excluding hydrogens is 302 g/mol. The zero-order valence-corrected chi connectivity index (χ0v) is 13.5. The third kappa shape index (κ3) is 3.76. The van der Waals surface area contributed by atoms with Crippen molar-refractivity contribution >= 4 is 5.91 Å². The highest BCUT2D eigenvalue weighted by atomic mass is 16.5. The summed E-state index contributed by atoms with van der Waals surface area (Å²) in [6, 6.07) is 14.8. The second kappa shape index (κ2) is 7.20. The molecule has 4 heteroatoms. The first kappa shape index (κ1) is 16.1. The second-order valence-corrected chi connectivity index (χ2v) is 5.75. The van der Waals surface area contributed by atoms with Gasteiger partial charge in [-0.25, -0.2) is 0 Å². The van der Waals surface area contributed by atoms with Gasteiger partial charge in [0.05, 0.1) is 13.2 Å². The number of methoxy groups -OCH3 is 1. The smallest absolute Gasteiger partial charge is 0.253 e. The average Bonchev–Trinajstić information content (AvgIpc) is 3.06. The number of benzene rings is 2.